The lowest BCUT2D eigenvalue weighted by Gasteiger charge is -2.29. The second-order valence-electron chi connectivity index (χ2n) is 10.9. The predicted octanol–water partition coefficient (Wildman–Crippen LogP) is 5.85. The van der Waals surface area contributed by atoms with Gasteiger partial charge in [-0.1, -0.05) is 51.1 Å². The van der Waals surface area contributed by atoms with Crippen molar-refractivity contribution >= 4 is 40.2 Å². The van der Waals surface area contributed by atoms with Crippen LogP contribution in [0.5, 0.6) is 5.75 Å². The van der Waals surface area contributed by atoms with Gasteiger partial charge in [0.15, 0.2) is 0 Å². The summed E-state index contributed by atoms with van der Waals surface area (Å²) < 4.78 is 10.9. The third kappa shape index (κ3) is 6.24. The van der Waals surface area contributed by atoms with Gasteiger partial charge in [-0.25, -0.2) is 9.79 Å². The SMILES string of the molecule is COc1ccc(C(C)(C)C)cc1NC(=O)Nc1ccc(N2C=NC(CN3CCOCC3)=CC2)c2ccccc12. The third-order valence-corrected chi connectivity index (χ3v) is 7.15. The lowest BCUT2D eigenvalue weighted by atomic mass is 9.87. The first-order valence-corrected chi connectivity index (χ1v) is 13.4. The van der Waals surface area contributed by atoms with E-state index in [4.69, 9.17) is 14.5 Å². The lowest BCUT2D eigenvalue weighted by molar-refractivity contribution is 0.0421. The van der Waals surface area contributed by atoms with Crippen molar-refractivity contribution in [3.05, 3.63) is 71.9 Å². The van der Waals surface area contributed by atoms with Gasteiger partial charge >= 0.3 is 6.03 Å². The number of urea groups is 1. The van der Waals surface area contributed by atoms with Crippen molar-refractivity contribution in [3.8, 4) is 5.75 Å². The Morgan fingerprint density at radius 1 is 1.00 bits per heavy atom. The molecule has 8 heteroatoms. The molecule has 39 heavy (non-hydrogen) atoms. The summed E-state index contributed by atoms with van der Waals surface area (Å²) in [5.41, 5.74) is 4.54. The van der Waals surface area contributed by atoms with Gasteiger partial charge in [-0.2, -0.15) is 0 Å². The number of aliphatic imine (C=N–C) groups is 1. The molecule has 3 aromatic rings. The molecule has 2 heterocycles. The van der Waals surface area contributed by atoms with Crippen molar-refractivity contribution < 1.29 is 14.3 Å². The minimum Gasteiger partial charge on any atom is -0.495 e. The number of methoxy groups -OCH3 is 1. The van der Waals surface area contributed by atoms with Crippen LogP contribution in [0.3, 0.4) is 0 Å². The second-order valence-corrected chi connectivity index (χ2v) is 10.9. The minimum absolute atomic E-state index is 0.0541. The molecule has 5 rings (SSSR count). The Morgan fingerprint density at radius 3 is 2.44 bits per heavy atom. The topological polar surface area (TPSA) is 78.4 Å². The van der Waals surface area contributed by atoms with E-state index in [9.17, 15) is 4.79 Å². The molecule has 8 nitrogen and oxygen atoms in total. The van der Waals surface area contributed by atoms with E-state index in [1.807, 2.05) is 54.9 Å². The Labute approximate surface area is 230 Å². The van der Waals surface area contributed by atoms with Crippen LogP contribution in [0.2, 0.25) is 0 Å². The molecule has 0 saturated carbocycles. The van der Waals surface area contributed by atoms with E-state index < -0.39 is 0 Å². The minimum atomic E-state index is -0.326. The zero-order valence-electron chi connectivity index (χ0n) is 23.2. The number of morpholine rings is 1. The summed E-state index contributed by atoms with van der Waals surface area (Å²) in [7, 11) is 1.60. The zero-order valence-corrected chi connectivity index (χ0v) is 23.2. The number of hydrogen-bond acceptors (Lipinski definition) is 6. The van der Waals surface area contributed by atoms with E-state index >= 15 is 0 Å². The molecule has 0 aliphatic carbocycles. The fourth-order valence-electron chi connectivity index (χ4n) is 4.89. The number of carbonyl (C=O) groups excluding carboxylic acids is 1. The average molecular weight is 528 g/mol. The molecule has 0 spiro atoms. The van der Waals surface area contributed by atoms with Gasteiger partial charge in [0.05, 0.1) is 49.4 Å². The molecule has 2 aliphatic rings. The fraction of sp³-hybridized carbons (Fsp3) is 0.355. The van der Waals surface area contributed by atoms with Crippen LogP contribution in [0.25, 0.3) is 10.8 Å². The number of anilines is 3. The molecule has 1 fully saturated rings. The first kappa shape index (κ1) is 26.7. The Hall–Kier alpha value is -3.88. The molecule has 0 atom stereocenters. The fourth-order valence-corrected chi connectivity index (χ4v) is 4.89. The predicted molar refractivity (Wildman–Crippen MR) is 159 cm³/mol. The molecule has 3 aromatic carbocycles. The van der Waals surface area contributed by atoms with Crippen molar-refractivity contribution in [2.75, 3.05) is 62.0 Å². The molecule has 0 radical (unpaired) electrons. The number of nitrogens with zero attached hydrogens (tertiary/aromatic N) is 3. The van der Waals surface area contributed by atoms with Gasteiger partial charge in [0.1, 0.15) is 5.75 Å². The summed E-state index contributed by atoms with van der Waals surface area (Å²) >= 11 is 0. The first-order valence-electron chi connectivity index (χ1n) is 13.4. The standard InChI is InChI=1S/C31H37N5O3/c1-31(2,3)22-9-12-29(38-4)27(19-22)34-30(37)33-26-10-11-28(25-8-6-5-7-24(25)26)36-14-13-23(32-21-36)20-35-15-17-39-18-16-35/h5-13,19,21H,14-18,20H2,1-4H3,(H2,33,34,37). The summed E-state index contributed by atoms with van der Waals surface area (Å²) in [5.74, 6) is 0.615. The van der Waals surface area contributed by atoms with Crippen molar-refractivity contribution in [2.45, 2.75) is 26.2 Å². The summed E-state index contributed by atoms with van der Waals surface area (Å²) in [6.07, 6.45) is 4.09. The number of nitrogens with one attached hydrogen (secondary N) is 2. The highest BCUT2D eigenvalue weighted by atomic mass is 16.5. The Morgan fingerprint density at radius 2 is 1.74 bits per heavy atom. The van der Waals surface area contributed by atoms with Gasteiger partial charge in [0.2, 0.25) is 0 Å². The summed E-state index contributed by atoms with van der Waals surface area (Å²) in [4.78, 5) is 22.4. The van der Waals surface area contributed by atoms with Gasteiger partial charge < -0.3 is 25.0 Å². The number of carbonyl (C=O) groups is 1. The van der Waals surface area contributed by atoms with E-state index in [-0.39, 0.29) is 11.4 Å². The Kier molecular flexibility index (Phi) is 7.86. The van der Waals surface area contributed by atoms with Crippen LogP contribution >= 0.6 is 0 Å². The highest BCUT2D eigenvalue weighted by Crippen LogP contribution is 2.34. The van der Waals surface area contributed by atoms with Crippen LogP contribution in [-0.4, -0.2) is 63.8 Å². The molecule has 2 amide bonds. The quantitative estimate of drug-likeness (QED) is 0.420. The molecule has 1 saturated heterocycles. The van der Waals surface area contributed by atoms with Crippen LogP contribution < -0.4 is 20.3 Å². The Balaban J connectivity index is 1.32. The van der Waals surface area contributed by atoms with Crippen molar-refractivity contribution in [1.29, 1.82) is 0 Å². The average Bonchev–Trinajstić information content (AvgIpc) is 2.94. The van der Waals surface area contributed by atoms with Gasteiger partial charge in [-0.05, 0) is 41.3 Å². The molecular formula is C31H37N5O3. The zero-order chi connectivity index (χ0) is 27.4. The third-order valence-electron chi connectivity index (χ3n) is 7.15. The largest absolute Gasteiger partial charge is 0.495 e. The molecule has 0 bridgehead atoms. The summed E-state index contributed by atoms with van der Waals surface area (Å²) in [6.45, 7) is 11.4. The lowest BCUT2D eigenvalue weighted by Crippen LogP contribution is -2.38. The van der Waals surface area contributed by atoms with E-state index in [0.717, 1.165) is 72.8 Å². The van der Waals surface area contributed by atoms with Crippen LogP contribution in [0.1, 0.15) is 26.3 Å². The van der Waals surface area contributed by atoms with E-state index in [0.29, 0.717) is 11.4 Å². The van der Waals surface area contributed by atoms with Crippen LogP contribution in [-0.2, 0) is 10.2 Å². The van der Waals surface area contributed by atoms with Gasteiger partial charge in [0, 0.05) is 37.0 Å². The number of fused-ring (bicyclic) bond motifs is 1. The molecule has 204 valence electrons. The van der Waals surface area contributed by atoms with Gasteiger partial charge in [-0.15, -0.1) is 0 Å². The maximum absolute atomic E-state index is 13.1. The summed E-state index contributed by atoms with van der Waals surface area (Å²) in [6, 6.07) is 17.6. The number of ether oxygens (including phenoxy) is 2. The number of benzene rings is 3. The molecule has 2 aliphatic heterocycles. The van der Waals surface area contributed by atoms with Crippen LogP contribution in [0, 0.1) is 0 Å². The first-order chi connectivity index (χ1) is 18.8. The summed E-state index contributed by atoms with van der Waals surface area (Å²) in [5, 5.41) is 8.01. The van der Waals surface area contributed by atoms with Gasteiger partial charge in [-0.3, -0.25) is 4.90 Å². The van der Waals surface area contributed by atoms with E-state index in [1.54, 1.807) is 7.11 Å². The van der Waals surface area contributed by atoms with Crippen molar-refractivity contribution in [2.24, 2.45) is 4.99 Å². The monoisotopic (exact) mass is 527 g/mol. The number of amides is 2. The highest BCUT2D eigenvalue weighted by molar-refractivity contribution is 6.10. The van der Waals surface area contributed by atoms with Crippen LogP contribution in [0.4, 0.5) is 21.9 Å². The molecule has 0 aromatic heterocycles. The second kappa shape index (κ2) is 11.5. The van der Waals surface area contributed by atoms with E-state index in [2.05, 4.69) is 53.3 Å². The number of hydrogen-bond donors (Lipinski definition) is 2. The highest BCUT2D eigenvalue weighted by Gasteiger charge is 2.19. The number of rotatable bonds is 6. The molecule has 0 unspecified atom stereocenters. The molecular weight excluding hydrogens is 490 g/mol. The van der Waals surface area contributed by atoms with Crippen molar-refractivity contribution in [3.63, 3.8) is 0 Å². The Bertz CT molecular complexity index is 1400. The maximum atomic E-state index is 13.1. The molecule has 2 N–H and O–H groups in total. The smallest absolute Gasteiger partial charge is 0.323 e. The maximum Gasteiger partial charge on any atom is 0.323 e. The van der Waals surface area contributed by atoms with E-state index in [1.165, 1.54) is 0 Å². The van der Waals surface area contributed by atoms with Crippen LogP contribution in [0.15, 0.2) is 71.4 Å². The van der Waals surface area contributed by atoms with Crippen molar-refractivity contribution in [1.82, 2.24) is 4.90 Å². The normalized spacial score (nSPS) is 16.2. The van der Waals surface area contributed by atoms with Gasteiger partial charge in [0.25, 0.3) is 0 Å².